The van der Waals surface area contributed by atoms with Crippen LogP contribution in [-0.2, 0) is 32.3 Å². The van der Waals surface area contributed by atoms with Crippen LogP contribution >= 0.6 is 11.8 Å². The monoisotopic (exact) mass is 683 g/mol. The number of halogens is 1. The molecule has 11 nitrogen and oxygen atoms in total. The second kappa shape index (κ2) is 14.6. The lowest BCUT2D eigenvalue weighted by atomic mass is 9.84. The van der Waals surface area contributed by atoms with Crippen LogP contribution in [0, 0.1) is 11.7 Å². The number of thioether (sulfide) groups is 1. The highest BCUT2D eigenvalue weighted by Gasteiger charge is 2.66. The maximum atomic E-state index is 15.8. The van der Waals surface area contributed by atoms with Gasteiger partial charge < -0.3 is 34.9 Å². The fourth-order valence-electron chi connectivity index (χ4n) is 7.24. The minimum atomic E-state index is -0.924. The number of benzene rings is 1. The maximum absolute atomic E-state index is 15.8. The van der Waals surface area contributed by atoms with Crippen molar-refractivity contribution in [3.05, 3.63) is 52.7 Å². The molecule has 4 heterocycles. The highest BCUT2D eigenvalue weighted by molar-refractivity contribution is 8.09. The number of anilines is 1. The van der Waals surface area contributed by atoms with Crippen molar-refractivity contribution in [2.75, 3.05) is 38.5 Å². The molecule has 4 aliphatic rings. The highest BCUT2D eigenvalue weighted by atomic mass is 32.2. The Morgan fingerprint density at radius 3 is 2.48 bits per heavy atom. The molecule has 0 bridgehead atoms. The minimum Gasteiger partial charge on any atom is -0.466 e. The average molecular weight is 684 g/mol. The van der Waals surface area contributed by atoms with E-state index in [1.807, 2.05) is 7.05 Å². The zero-order chi connectivity index (χ0) is 34.0. The van der Waals surface area contributed by atoms with Crippen molar-refractivity contribution >= 4 is 41.1 Å². The van der Waals surface area contributed by atoms with Gasteiger partial charge in [0.15, 0.2) is 0 Å². The van der Waals surface area contributed by atoms with Crippen molar-refractivity contribution in [3.8, 4) is 0 Å². The van der Waals surface area contributed by atoms with Crippen LogP contribution in [0.3, 0.4) is 0 Å². The van der Waals surface area contributed by atoms with E-state index >= 15 is 4.39 Å². The molecule has 3 fully saturated rings. The predicted molar refractivity (Wildman–Crippen MR) is 180 cm³/mol. The fraction of sp³-hybridized carbons (Fsp3) is 0.600. The Bertz CT molecular complexity index is 1540. The Hall–Kier alpha value is -3.42. The Morgan fingerprint density at radius 2 is 1.79 bits per heavy atom. The molecular weight excluding hydrogens is 637 g/mol. The quantitative estimate of drug-likeness (QED) is 0.249. The third kappa shape index (κ3) is 7.00. The number of hydrogen-bond acceptors (Lipinski definition) is 8. The number of rotatable bonds is 10. The lowest BCUT2D eigenvalue weighted by molar-refractivity contribution is -0.138. The van der Waals surface area contributed by atoms with E-state index in [0.29, 0.717) is 43.2 Å². The molecular formula is C35H46FN5O6S. The van der Waals surface area contributed by atoms with Gasteiger partial charge in [-0.25, -0.2) is 4.39 Å². The normalized spacial score (nSPS) is 24.2. The van der Waals surface area contributed by atoms with Gasteiger partial charge in [-0.1, -0.05) is 45.6 Å². The third-order valence-corrected chi connectivity index (χ3v) is 12.0. The molecule has 13 heteroatoms. The summed E-state index contributed by atoms with van der Waals surface area (Å²) < 4.78 is 25.8. The van der Waals surface area contributed by atoms with Gasteiger partial charge in [-0.3, -0.25) is 19.2 Å². The van der Waals surface area contributed by atoms with Gasteiger partial charge in [0.05, 0.1) is 17.9 Å². The van der Waals surface area contributed by atoms with Crippen LogP contribution in [-0.4, -0.2) is 82.8 Å². The number of carbonyl (C=O) groups is 4. The van der Waals surface area contributed by atoms with E-state index in [9.17, 15) is 19.2 Å². The fourth-order valence-corrected chi connectivity index (χ4v) is 8.67. The van der Waals surface area contributed by atoms with E-state index in [1.165, 1.54) is 30.2 Å². The van der Waals surface area contributed by atoms with Crippen molar-refractivity contribution in [1.82, 2.24) is 20.4 Å². The van der Waals surface area contributed by atoms with E-state index in [-0.39, 0.29) is 41.7 Å². The molecule has 1 saturated carbocycles. The molecule has 4 amide bonds. The van der Waals surface area contributed by atoms with Gasteiger partial charge in [0.2, 0.25) is 17.7 Å². The number of ether oxygens (including phenoxy) is 1. The molecule has 4 atom stereocenters. The van der Waals surface area contributed by atoms with Crippen LogP contribution < -0.4 is 16.0 Å². The second-order valence-electron chi connectivity index (χ2n) is 13.5. The summed E-state index contributed by atoms with van der Waals surface area (Å²) in [5.74, 6) is -1.56. The Morgan fingerprint density at radius 1 is 1.06 bits per heavy atom. The van der Waals surface area contributed by atoms with E-state index in [4.69, 9.17) is 9.15 Å². The molecule has 2 saturated heterocycles. The first-order chi connectivity index (χ1) is 23.1. The van der Waals surface area contributed by atoms with E-state index in [2.05, 4.69) is 20.9 Å². The van der Waals surface area contributed by atoms with Gasteiger partial charge in [0, 0.05) is 44.1 Å². The van der Waals surface area contributed by atoms with Crippen molar-refractivity contribution in [2.45, 2.75) is 94.1 Å². The molecule has 260 valence electrons. The maximum Gasteiger partial charge on any atom is 0.255 e. The summed E-state index contributed by atoms with van der Waals surface area (Å²) in [4.78, 5) is 57.4. The molecule has 6 rings (SSSR count). The Labute approximate surface area is 285 Å². The first-order valence-electron chi connectivity index (χ1n) is 17.2. The highest BCUT2D eigenvalue weighted by Crippen LogP contribution is 2.60. The van der Waals surface area contributed by atoms with Crippen molar-refractivity contribution in [1.29, 1.82) is 0 Å². The average Bonchev–Trinajstić information content (AvgIpc) is 3.52. The summed E-state index contributed by atoms with van der Waals surface area (Å²) in [5, 5.41) is 8.31. The summed E-state index contributed by atoms with van der Waals surface area (Å²) in [6, 6.07) is 3.70. The molecule has 2 aromatic rings. The number of fused-ring (bicyclic) bond motifs is 1. The molecule has 3 N–H and O–H groups in total. The molecule has 1 aromatic carbocycles. The smallest absolute Gasteiger partial charge is 0.255 e. The minimum absolute atomic E-state index is 0.0274. The topological polar surface area (TPSA) is 133 Å². The number of carbonyl (C=O) groups excluding carboxylic acids is 4. The number of hydrogen-bond donors (Lipinski definition) is 3. The first kappa shape index (κ1) is 34.4. The lowest BCUT2D eigenvalue weighted by Gasteiger charge is -2.36. The second-order valence-corrected chi connectivity index (χ2v) is 14.9. The molecule has 1 aromatic heterocycles. The van der Waals surface area contributed by atoms with Gasteiger partial charge in [-0.05, 0) is 43.5 Å². The Kier molecular flexibility index (Phi) is 10.5. The zero-order valence-electron chi connectivity index (χ0n) is 27.9. The summed E-state index contributed by atoms with van der Waals surface area (Å²) in [6.07, 6.45) is 7.57. The number of furan rings is 1. The number of amides is 4. The van der Waals surface area contributed by atoms with Crippen molar-refractivity contribution < 1.29 is 32.7 Å². The molecule has 0 spiro atoms. The largest absolute Gasteiger partial charge is 0.466 e. The van der Waals surface area contributed by atoms with Crippen LogP contribution in [0.5, 0.6) is 0 Å². The number of piperazine rings is 1. The number of nitrogens with one attached hydrogen (secondary N) is 3. The van der Waals surface area contributed by atoms with E-state index in [0.717, 1.165) is 57.2 Å². The van der Waals surface area contributed by atoms with Crippen LogP contribution in [0.25, 0.3) is 0 Å². The molecule has 48 heavy (non-hydrogen) atoms. The SMILES string of the molecule is CCC(=O)N[C@@H](C(=O)N1CCN(C)CC1)[C@@H](C)c1ccc(NC(=O)[C@]2(C3CCCCCC3)SC2NC(=O)c2coc3c2COC3)c(F)c1. The van der Waals surface area contributed by atoms with Crippen LogP contribution in [0.1, 0.15) is 92.0 Å². The summed E-state index contributed by atoms with van der Waals surface area (Å²) in [5.41, 5.74) is 1.72. The standard InChI is InChI=1S/C35H46FN5O6S/c1-4-29(42)38-30(32(44)41-15-13-40(3)14-16-41)21(2)22-11-12-27(26(36)17-22)37-33(45)35(23-9-7-5-6-8-10-23)34(48-35)39-31(43)25-19-47-28-20-46-18-24(25)28/h11-12,17,19,21,23,30,34H,4-10,13-16,18,20H2,1-3H3,(H,37,45)(H,38,42)(H,39,43)/t21-,30+,34?,35-/m0/s1. The molecule has 1 aliphatic carbocycles. The van der Waals surface area contributed by atoms with Gasteiger partial charge >= 0.3 is 0 Å². The van der Waals surface area contributed by atoms with Crippen LogP contribution in [0.4, 0.5) is 10.1 Å². The van der Waals surface area contributed by atoms with Gasteiger partial charge in [0.1, 0.15) is 40.6 Å². The first-order valence-corrected chi connectivity index (χ1v) is 18.0. The predicted octanol–water partition coefficient (Wildman–Crippen LogP) is 4.37. The third-order valence-electron chi connectivity index (χ3n) is 10.4. The van der Waals surface area contributed by atoms with E-state index in [1.54, 1.807) is 24.8 Å². The van der Waals surface area contributed by atoms with Crippen molar-refractivity contribution in [2.24, 2.45) is 5.92 Å². The summed E-state index contributed by atoms with van der Waals surface area (Å²) in [6.45, 7) is 6.76. The van der Waals surface area contributed by atoms with Gasteiger partial charge in [-0.2, -0.15) is 0 Å². The molecule has 0 radical (unpaired) electrons. The zero-order valence-corrected chi connectivity index (χ0v) is 28.8. The van der Waals surface area contributed by atoms with Crippen molar-refractivity contribution in [3.63, 3.8) is 0 Å². The summed E-state index contributed by atoms with van der Waals surface area (Å²) in [7, 11) is 2.00. The lowest BCUT2D eigenvalue weighted by Crippen LogP contribution is -2.55. The van der Waals surface area contributed by atoms with Crippen LogP contribution in [0.15, 0.2) is 28.9 Å². The van der Waals surface area contributed by atoms with E-state index < -0.39 is 27.9 Å². The molecule has 3 aliphatic heterocycles. The molecule has 1 unspecified atom stereocenters. The van der Waals surface area contributed by atoms with Gasteiger partial charge in [0.25, 0.3) is 5.91 Å². The summed E-state index contributed by atoms with van der Waals surface area (Å²) >= 11 is 1.41. The van der Waals surface area contributed by atoms with Gasteiger partial charge in [-0.15, -0.1) is 11.8 Å². The Balaban J connectivity index is 1.18. The number of nitrogens with zero attached hydrogens (tertiary/aromatic N) is 2. The number of likely N-dealkylation sites (N-methyl/N-ethyl adjacent to an activating group) is 1. The van der Waals surface area contributed by atoms with Crippen LogP contribution in [0.2, 0.25) is 0 Å².